The van der Waals surface area contributed by atoms with Crippen molar-refractivity contribution in [3.63, 3.8) is 0 Å². The fraction of sp³-hybridized carbons (Fsp3) is 0.409. The number of guanidine groups is 1. The number of para-hydroxylation sites is 1. The van der Waals surface area contributed by atoms with Crippen LogP contribution < -0.4 is 15.4 Å². The second-order valence-electron chi connectivity index (χ2n) is 6.57. The molecule has 2 aromatic carbocycles. The molecule has 2 aromatic rings. The van der Waals surface area contributed by atoms with E-state index in [4.69, 9.17) is 4.74 Å². The van der Waals surface area contributed by atoms with Gasteiger partial charge in [0.25, 0.3) is 0 Å². The SMILES string of the molecule is CCOc1ccccc1CCNC(=NC)NCc1ccc(COCC(F)(F)F)cc1. The third kappa shape index (κ3) is 8.73. The van der Waals surface area contributed by atoms with E-state index >= 15 is 0 Å². The topological polar surface area (TPSA) is 54.9 Å². The highest BCUT2D eigenvalue weighted by atomic mass is 19.4. The summed E-state index contributed by atoms with van der Waals surface area (Å²) in [5.74, 6) is 1.56. The van der Waals surface area contributed by atoms with E-state index in [1.165, 1.54) is 0 Å². The van der Waals surface area contributed by atoms with Crippen molar-refractivity contribution in [3.05, 3.63) is 65.2 Å². The molecule has 30 heavy (non-hydrogen) atoms. The van der Waals surface area contributed by atoms with E-state index in [-0.39, 0.29) is 6.61 Å². The Balaban J connectivity index is 1.75. The van der Waals surface area contributed by atoms with Gasteiger partial charge in [0.05, 0.1) is 13.2 Å². The van der Waals surface area contributed by atoms with Crippen LogP contribution in [0, 0.1) is 0 Å². The monoisotopic (exact) mass is 423 g/mol. The van der Waals surface area contributed by atoms with Crippen LogP contribution >= 0.6 is 0 Å². The number of ether oxygens (including phenoxy) is 2. The summed E-state index contributed by atoms with van der Waals surface area (Å²) in [6.45, 7) is 2.51. The second kappa shape index (κ2) is 12.1. The van der Waals surface area contributed by atoms with Gasteiger partial charge < -0.3 is 20.1 Å². The number of benzene rings is 2. The molecule has 2 N–H and O–H groups in total. The minimum absolute atomic E-state index is 0.0698. The second-order valence-corrected chi connectivity index (χ2v) is 6.57. The standard InChI is InChI=1S/C22H28F3N3O2/c1-3-30-20-7-5-4-6-19(20)12-13-27-21(26-2)28-14-17-8-10-18(11-9-17)15-29-16-22(23,24)25/h4-11H,3,12-16H2,1-2H3,(H2,26,27,28). The van der Waals surface area contributed by atoms with Gasteiger partial charge in [-0.05, 0) is 36.1 Å². The Hall–Kier alpha value is -2.74. The van der Waals surface area contributed by atoms with Gasteiger partial charge in [0.1, 0.15) is 12.4 Å². The Bertz CT molecular complexity index is 793. The number of nitrogens with one attached hydrogen (secondary N) is 2. The molecular formula is C22H28F3N3O2. The van der Waals surface area contributed by atoms with Gasteiger partial charge in [0, 0.05) is 20.1 Å². The first-order valence-electron chi connectivity index (χ1n) is 9.79. The molecule has 5 nitrogen and oxygen atoms in total. The molecule has 164 valence electrons. The molecule has 0 amide bonds. The summed E-state index contributed by atoms with van der Waals surface area (Å²) in [5, 5.41) is 6.49. The third-order valence-electron chi connectivity index (χ3n) is 4.20. The summed E-state index contributed by atoms with van der Waals surface area (Å²) in [6.07, 6.45) is -3.51. The van der Waals surface area contributed by atoms with Crippen LogP contribution in [0.5, 0.6) is 5.75 Å². The van der Waals surface area contributed by atoms with Crippen molar-refractivity contribution in [3.8, 4) is 5.75 Å². The van der Waals surface area contributed by atoms with Crippen molar-refractivity contribution in [1.29, 1.82) is 0 Å². The average Bonchev–Trinajstić information content (AvgIpc) is 2.72. The van der Waals surface area contributed by atoms with Crippen LogP contribution in [0.15, 0.2) is 53.5 Å². The zero-order chi connectivity index (χ0) is 21.8. The Labute approximate surface area is 175 Å². The lowest BCUT2D eigenvalue weighted by molar-refractivity contribution is -0.176. The first-order valence-corrected chi connectivity index (χ1v) is 9.79. The smallest absolute Gasteiger partial charge is 0.411 e. The van der Waals surface area contributed by atoms with Crippen molar-refractivity contribution < 1.29 is 22.6 Å². The van der Waals surface area contributed by atoms with Gasteiger partial charge in [-0.2, -0.15) is 13.2 Å². The van der Waals surface area contributed by atoms with Gasteiger partial charge in [0.2, 0.25) is 0 Å². The maximum atomic E-state index is 12.1. The predicted molar refractivity (Wildman–Crippen MR) is 112 cm³/mol. The van der Waals surface area contributed by atoms with Crippen molar-refractivity contribution in [2.24, 2.45) is 4.99 Å². The molecule has 0 unspecified atom stereocenters. The normalized spacial score (nSPS) is 12.0. The number of hydrogen-bond donors (Lipinski definition) is 2. The molecule has 2 rings (SSSR count). The number of hydrogen-bond acceptors (Lipinski definition) is 3. The van der Waals surface area contributed by atoms with Crippen LogP contribution in [0.3, 0.4) is 0 Å². The molecule has 0 saturated heterocycles. The molecule has 0 aliphatic heterocycles. The minimum Gasteiger partial charge on any atom is -0.494 e. The molecule has 0 spiro atoms. The highest BCUT2D eigenvalue weighted by Crippen LogP contribution is 2.18. The minimum atomic E-state index is -4.31. The van der Waals surface area contributed by atoms with Crippen LogP contribution in [-0.2, 0) is 24.3 Å². The molecule has 0 saturated carbocycles. The highest BCUT2D eigenvalue weighted by molar-refractivity contribution is 5.79. The summed E-state index contributed by atoms with van der Waals surface area (Å²) in [4.78, 5) is 4.21. The van der Waals surface area contributed by atoms with Gasteiger partial charge in [0.15, 0.2) is 5.96 Å². The summed E-state index contributed by atoms with van der Waals surface area (Å²) < 4.78 is 46.6. The van der Waals surface area contributed by atoms with Crippen LogP contribution in [0.2, 0.25) is 0 Å². The van der Waals surface area contributed by atoms with E-state index in [0.29, 0.717) is 31.2 Å². The summed E-state index contributed by atoms with van der Waals surface area (Å²) >= 11 is 0. The Kier molecular flexibility index (Phi) is 9.47. The molecule has 0 atom stereocenters. The van der Waals surface area contributed by atoms with Crippen LogP contribution in [0.25, 0.3) is 0 Å². The fourth-order valence-electron chi connectivity index (χ4n) is 2.77. The first kappa shape index (κ1) is 23.5. The van der Waals surface area contributed by atoms with Crippen LogP contribution in [0.4, 0.5) is 13.2 Å². The number of nitrogens with zero attached hydrogens (tertiary/aromatic N) is 1. The fourth-order valence-corrected chi connectivity index (χ4v) is 2.77. The van der Waals surface area contributed by atoms with Crippen molar-refractivity contribution in [1.82, 2.24) is 10.6 Å². The lowest BCUT2D eigenvalue weighted by atomic mass is 10.1. The molecule has 0 aromatic heterocycles. The molecule has 0 fully saturated rings. The summed E-state index contributed by atoms with van der Waals surface area (Å²) in [5.41, 5.74) is 2.81. The molecule has 0 bridgehead atoms. The van der Waals surface area contributed by atoms with Gasteiger partial charge in [-0.1, -0.05) is 42.5 Å². The van der Waals surface area contributed by atoms with E-state index in [2.05, 4.69) is 20.4 Å². The maximum Gasteiger partial charge on any atom is 0.411 e. The first-order chi connectivity index (χ1) is 14.4. The molecule has 0 aliphatic rings. The lowest BCUT2D eigenvalue weighted by Gasteiger charge is -2.14. The summed E-state index contributed by atoms with van der Waals surface area (Å²) in [6, 6.07) is 15.2. The van der Waals surface area contributed by atoms with Gasteiger partial charge in [-0.3, -0.25) is 4.99 Å². The third-order valence-corrected chi connectivity index (χ3v) is 4.20. The molecule has 0 heterocycles. The van der Waals surface area contributed by atoms with Gasteiger partial charge in [-0.15, -0.1) is 0 Å². The molecule has 8 heteroatoms. The maximum absolute atomic E-state index is 12.1. The molecule has 0 aliphatic carbocycles. The van der Waals surface area contributed by atoms with E-state index in [0.717, 1.165) is 23.3 Å². The highest BCUT2D eigenvalue weighted by Gasteiger charge is 2.27. The van der Waals surface area contributed by atoms with Crippen molar-refractivity contribution in [2.75, 3.05) is 26.8 Å². The van der Waals surface area contributed by atoms with Gasteiger partial charge in [-0.25, -0.2) is 0 Å². The van der Waals surface area contributed by atoms with E-state index in [1.54, 1.807) is 19.2 Å². The van der Waals surface area contributed by atoms with Crippen molar-refractivity contribution in [2.45, 2.75) is 32.7 Å². The molecule has 0 radical (unpaired) electrons. The number of rotatable bonds is 10. The van der Waals surface area contributed by atoms with Crippen LogP contribution in [-0.4, -0.2) is 38.9 Å². The van der Waals surface area contributed by atoms with Crippen molar-refractivity contribution >= 4 is 5.96 Å². The molecular weight excluding hydrogens is 395 g/mol. The van der Waals surface area contributed by atoms with E-state index in [9.17, 15) is 13.2 Å². The Morgan fingerprint density at radius 3 is 2.37 bits per heavy atom. The predicted octanol–water partition coefficient (Wildman–Crippen LogP) is 4.07. The average molecular weight is 423 g/mol. The zero-order valence-corrected chi connectivity index (χ0v) is 17.3. The zero-order valence-electron chi connectivity index (χ0n) is 17.3. The Morgan fingerprint density at radius 2 is 1.70 bits per heavy atom. The Morgan fingerprint density at radius 1 is 1.00 bits per heavy atom. The number of halogens is 3. The quantitative estimate of drug-likeness (QED) is 0.447. The number of aliphatic imine (C=N–C) groups is 1. The van der Waals surface area contributed by atoms with Gasteiger partial charge >= 0.3 is 6.18 Å². The largest absolute Gasteiger partial charge is 0.494 e. The summed E-state index contributed by atoms with van der Waals surface area (Å²) in [7, 11) is 1.70. The lowest BCUT2D eigenvalue weighted by Crippen LogP contribution is -2.37. The van der Waals surface area contributed by atoms with E-state index in [1.807, 2.05) is 43.3 Å². The number of alkyl halides is 3. The van der Waals surface area contributed by atoms with Crippen LogP contribution in [0.1, 0.15) is 23.6 Å². The van der Waals surface area contributed by atoms with E-state index < -0.39 is 12.8 Å².